The molecule has 1 aliphatic heterocycles. The van der Waals surface area contributed by atoms with Crippen LogP contribution in [0.1, 0.15) is 79.1 Å². The first-order valence-corrected chi connectivity index (χ1v) is 9.16. The first-order chi connectivity index (χ1) is 9.71. The molecule has 0 aromatic rings. The zero-order valence-electron chi connectivity index (χ0n) is 14.5. The van der Waals surface area contributed by atoms with Gasteiger partial charge in [0.1, 0.15) is 0 Å². The molecule has 0 amide bonds. The molecule has 1 N–H and O–H groups in total. The van der Waals surface area contributed by atoms with Crippen molar-refractivity contribution in [3.05, 3.63) is 0 Å². The Morgan fingerprint density at radius 2 is 1.80 bits per heavy atom. The van der Waals surface area contributed by atoms with Crippen molar-refractivity contribution in [1.29, 1.82) is 0 Å². The summed E-state index contributed by atoms with van der Waals surface area (Å²) in [7, 11) is 0. The molecule has 1 fully saturated rings. The van der Waals surface area contributed by atoms with Crippen LogP contribution in [0.2, 0.25) is 0 Å². The van der Waals surface area contributed by atoms with Crippen LogP contribution < -0.4 is 5.32 Å². The highest BCUT2D eigenvalue weighted by Crippen LogP contribution is 2.31. The van der Waals surface area contributed by atoms with Crippen molar-refractivity contribution in [1.82, 2.24) is 10.2 Å². The fraction of sp³-hybridized carbons (Fsp3) is 1.00. The highest BCUT2D eigenvalue weighted by molar-refractivity contribution is 4.87. The molecule has 1 saturated heterocycles. The monoisotopic (exact) mass is 282 g/mol. The average Bonchev–Trinajstić information content (AvgIpc) is 2.48. The van der Waals surface area contributed by atoms with E-state index in [1.165, 1.54) is 77.5 Å². The van der Waals surface area contributed by atoms with Gasteiger partial charge in [-0.25, -0.2) is 0 Å². The maximum Gasteiger partial charge on any atom is 0.00954 e. The van der Waals surface area contributed by atoms with Gasteiger partial charge in [-0.3, -0.25) is 4.90 Å². The second-order valence-electron chi connectivity index (χ2n) is 6.79. The number of hydrogen-bond donors (Lipinski definition) is 1. The summed E-state index contributed by atoms with van der Waals surface area (Å²) < 4.78 is 0. The lowest BCUT2D eigenvalue weighted by Gasteiger charge is -2.43. The summed E-state index contributed by atoms with van der Waals surface area (Å²) >= 11 is 0. The molecule has 20 heavy (non-hydrogen) atoms. The summed E-state index contributed by atoms with van der Waals surface area (Å²) in [5, 5.41) is 3.69. The molecular weight excluding hydrogens is 244 g/mol. The Balaban J connectivity index is 2.61. The summed E-state index contributed by atoms with van der Waals surface area (Å²) in [4.78, 5) is 2.83. The van der Waals surface area contributed by atoms with Crippen LogP contribution in [-0.4, -0.2) is 37.1 Å². The zero-order valence-corrected chi connectivity index (χ0v) is 14.5. The van der Waals surface area contributed by atoms with E-state index < -0.39 is 0 Å². The van der Waals surface area contributed by atoms with Crippen molar-refractivity contribution < 1.29 is 0 Å². The van der Waals surface area contributed by atoms with Gasteiger partial charge in [-0.2, -0.15) is 0 Å². The average molecular weight is 283 g/mol. The van der Waals surface area contributed by atoms with Gasteiger partial charge in [-0.1, -0.05) is 40.5 Å². The number of hydrogen-bond acceptors (Lipinski definition) is 2. The van der Waals surface area contributed by atoms with Crippen LogP contribution in [0.15, 0.2) is 0 Å². The molecule has 1 unspecified atom stereocenters. The van der Waals surface area contributed by atoms with Crippen LogP contribution >= 0.6 is 0 Å². The predicted molar refractivity (Wildman–Crippen MR) is 90.3 cm³/mol. The third-order valence-electron chi connectivity index (χ3n) is 5.34. The molecule has 120 valence electrons. The molecule has 0 saturated carbocycles. The van der Waals surface area contributed by atoms with Gasteiger partial charge in [-0.15, -0.1) is 0 Å². The molecule has 0 aliphatic carbocycles. The number of piperidine rings is 1. The number of nitrogens with zero attached hydrogens (tertiary/aromatic N) is 1. The molecule has 0 aromatic carbocycles. The lowest BCUT2D eigenvalue weighted by atomic mass is 9.80. The minimum Gasteiger partial charge on any atom is -0.316 e. The molecule has 2 nitrogen and oxygen atoms in total. The maximum absolute atomic E-state index is 3.69. The van der Waals surface area contributed by atoms with E-state index in [1.54, 1.807) is 0 Å². The van der Waals surface area contributed by atoms with E-state index in [0.717, 1.165) is 6.04 Å². The number of nitrogens with one attached hydrogen (secondary N) is 1. The van der Waals surface area contributed by atoms with Crippen LogP contribution in [0.25, 0.3) is 0 Å². The third-order valence-corrected chi connectivity index (χ3v) is 5.34. The molecule has 1 atom stereocenters. The van der Waals surface area contributed by atoms with E-state index in [0.29, 0.717) is 5.41 Å². The third kappa shape index (κ3) is 5.37. The van der Waals surface area contributed by atoms with Crippen molar-refractivity contribution >= 4 is 0 Å². The molecule has 2 heteroatoms. The molecule has 1 heterocycles. The van der Waals surface area contributed by atoms with Crippen LogP contribution in [-0.2, 0) is 0 Å². The van der Waals surface area contributed by atoms with Crippen molar-refractivity contribution in [2.45, 2.75) is 85.1 Å². The highest BCUT2D eigenvalue weighted by atomic mass is 15.2. The second kappa shape index (κ2) is 9.78. The van der Waals surface area contributed by atoms with E-state index in [9.17, 15) is 0 Å². The van der Waals surface area contributed by atoms with Gasteiger partial charge in [0, 0.05) is 19.1 Å². The fourth-order valence-corrected chi connectivity index (χ4v) is 3.67. The molecule has 1 rings (SSSR count). The van der Waals surface area contributed by atoms with Crippen LogP contribution in [0.5, 0.6) is 0 Å². The van der Waals surface area contributed by atoms with Crippen LogP contribution in [0.4, 0.5) is 0 Å². The Morgan fingerprint density at radius 1 is 1.05 bits per heavy atom. The van der Waals surface area contributed by atoms with Gasteiger partial charge in [-0.05, 0) is 57.0 Å². The normalized spacial score (nSPS) is 21.3. The number of likely N-dealkylation sites (tertiary alicyclic amines) is 1. The summed E-state index contributed by atoms with van der Waals surface area (Å²) in [5.74, 6) is 0. The molecule has 0 radical (unpaired) electrons. The number of rotatable bonds is 10. The topological polar surface area (TPSA) is 15.3 Å². The SMILES string of the molecule is CCCNCC(CC)(CC)CN1CCCCC1CCC. The summed E-state index contributed by atoms with van der Waals surface area (Å²) in [5.41, 5.74) is 0.485. The molecule has 1 aliphatic rings. The Kier molecular flexibility index (Phi) is 8.79. The second-order valence-corrected chi connectivity index (χ2v) is 6.79. The van der Waals surface area contributed by atoms with E-state index in [-0.39, 0.29) is 0 Å². The van der Waals surface area contributed by atoms with E-state index in [1.807, 2.05) is 0 Å². The summed E-state index contributed by atoms with van der Waals surface area (Å²) in [6.07, 6.45) is 10.9. The predicted octanol–water partition coefficient (Wildman–Crippen LogP) is 4.45. The van der Waals surface area contributed by atoms with Gasteiger partial charge in [0.15, 0.2) is 0 Å². The van der Waals surface area contributed by atoms with Crippen molar-refractivity contribution in [2.24, 2.45) is 5.41 Å². The Hall–Kier alpha value is -0.0800. The quantitative estimate of drug-likeness (QED) is 0.596. The van der Waals surface area contributed by atoms with Gasteiger partial charge >= 0.3 is 0 Å². The molecule has 0 spiro atoms. The minimum atomic E-state index is 0.485. The van der Waals surface area contributed by atoms with Gasteiger partial charge in [0.05, 0.1) is 0 Å². The first kappa shape index (κ1) is 18.0. The standard InChI is InChI=1S/C18H38N2/c1-5-11-17-12-9-10-14-20(17)16-18(7-3,8-4)15-19-13-6-2/h17,19H,5-16H2,1-4H3. The van der Waals surface area contributed by atoms with Crippen LogP contribution in [0.3, 0.4) is 0 Å². The Labute approximate surface area is 127 Å². The maximum atomic E-state index is 3.69. The van der Waals surface area contributed by atoms with Gasteiger partial charge in [0.2, 0.25) is 0 Å². The summed E-state index contributed by atoms with van der Waals surface area (Å²) in [6.45, 7) is 14.4. The Bertz CT molecular complexity index is 234. The Morgan fingerprint density at radius 3 is 2.40 bits per heavy atom. The van der Waals surface area contributed by atoms with Crippen molar-refractivity contribution in [3.8, 4) is 0 Å². The lowest BCUT2D eigenvalue weighted by Crippen LogP contribution is -2.49. The first-order valence-electron chi connectivity index (χ1n) is 9.16. The van der Waals surface area contributed by atoms with E-state index in [2.05, 4.69) is 37.9 Å². The van der Waals surface area contributed by atoms with Crippen molar-refractivity contribution in [3.63, 3.8) is 0 Å². The molecule has 0 bridgehead atoms. The molecule has 0 aromatic heterocycles. The minimum absolute atomic E-state index is 0.485. The molecular formula is C18H38N2. The highest BCUT2D eigenvalue weighted by Gasteiger charge is 2.32. The largest absolute Gasteiger partial charge is 0.316 e. The van der Waals surface area contributed by atoms with E-state index >= 15 is 0 Å². The van der Waals surface area contributed by atoms with Gasteiger partial charge < -0.3 is 5.32 Å². The van der Waals surface area contributed by atoms with Gasteiger partial charge in [0.25, 0.3) is 0 Å². The zero-order chi connectivity index (χ0) is 14.8. The fourth-order valence-electron chi connectivity index (χ4n) is 3.67. The van der Waals surface area contributed by atoms with Crippen LogP contribution in [0, 0.1) is 5.41 Å². The summed E-state index contributed by atoms with van der Waals surface area (Å²) in [6, 6.07) is 0.859. The lowest BCUT2D eigenvalue weighted by molar-refractivity contribution is 0.0686. The smallest absolute Gasteiger partial charge is 0.00954 e. The van der Waals surface area contributed by atoms with Crippen molar-refractivity contribution in [2.75, 3.05) is 26.2 Å². The van der Waals surface area contributed by atoms with E-state index in [4.69, 9.17) is 0 Å².